The van der Waals surface area contributed by atoms with Crippen molar-refractivity contribution < 1.29 is 4.79 Å². The summed E-state index contributed by atoms with van der Waals surface area (Å²) in [6, 6.07) is 0.351. The van der Waals surface area contributed by atoms with Crippen LogP contribution in [0.15, 0.2) is 0 Å². The summed E-state index contributed by atoms with van der Waals surface area (Å²) in [7, 11) is 0. The fourth-order valence-electron chi connectivity index (χ4n) is 2.39. The summed E-state index contributed by atoms with van der Waals surface area (Å²) in [6.45, 7) is 6.99. The minimum Gasteiger partial charge on any atom is -0.336 e. The second-order valence-corrected chi connectivity index (χ2v) is 6.33. The van der Waals surface area contributed by atoms with Crippen LogP contribution in [-0.4, -0.2) is 47.0 Å². The maximum Gasteiger partial charge on any atom is 0.238 e. The highest BCUT2D eigenvalue weighted by atomic mass is 32.2. The summed E-state index contributed by atoms with van der Waals surface area (Å²) < 4.78 is -0.133. The van der Waals surface area contributed by atoms with E-state index in [1.807, 2.05) is 11.8 Å². The van der Waals surface area contributed by atoms with Gasteiger partial charge in [0.25, 0.3) is 0 Å². The molecule has 2 rings (SSSR count). The van der Waals surface area contributed by atoms with Gasteiger partial charge in [-0.2, -0.15) is 0 Å². The molecule has 0 saturated carbocycles. The third-order valence-corrected chi connectivity index (χ3v) is 4.94. The molecule has 0 aromatic heterocycles. The molecule has 0 spiro atoms. The number of nitrogens with one attached hydrogen (secondary N) is 1. The van der Waals surface area contributed by atoms with Gasteiger partial charge in [-0.05, 0) is 32.4 Å². The third kappa shape index (κ3) is 2.16. The van der Waals surface area contributed by atoms with E-state index in [2.05, 4.69) is 24.1 Å². The molecule has 1 N–H and O–H groups in total. The topological polar surface area (TPSA) is 32.3 Å². The van der Waals surface area contributed by atoms with Crippen molar-refractivity contribution in [3.8, 4) is 0 Å². The van der Waals surface area contributed by atoms with Crippen molar-refractivity contribution in [1.29, 1.82) is 0 Å². The molecule has 2 aliphatic heterocycles. The Bertz CT molecular complexity index is 251. The lowest BCUT2D eigenvalue weighted by atomic mass is 10.0. The fourth-order valence-corrected chi connectivity index (χ4v) is 3.66. The molecule has 1 amide bonds. The lowest BCUT2D eigenvalue weighted by molar-refractivity contribution is -0.136. The fraction of sp³-hybridized carbons (Fsp3) is 0.909. The van der Waals surface area contributed by atoms with Gasteiger partial charge in [0.15, 0.2) is 0 Å². The minimum absolute atomic E-state index is 0.133. The van der Waals surface area contributed by atoms with Gasteiger partial charge in [0.05, 0.1) is 4.75 Å². The van der Waals surface area contributed by atoms with Crippen LogP contribution >= 0.6 is 11.8 Å². The van der Waals surface area contributed by atoms with Crippen LogP contribution in [0.4, 0.5) is 0 Å². The first-order chi connectivity index (χ1) is 7.13. The van der Waals surface area contributed by atoms with E-state index < -0.39 is 0 Å². The van der Waals surface area contributed by atoms with E-state index in [9.17, 15) is 4.79 Å². The van der Waals surface area contributed by atoms with Crippen molar-refractivity contribution in [1.82, 2.24) is 10.2 Å². The van der Waals surface area contributed by atoms with Gasteiger partial charge in [0.1, 0.15) is 0 Å². The first-order valence-corrected chi connectivity index (χ1v) is 6.78. The van der Waals surface area contributed by atoms with E-state index in [-0.39, 0.29) is 4.75 Å². The smallest absolute Gasteiger partial charge is 0.238 e. The number of carbonyl (C=O) groups excluding carboxylic acids is 1. The lowest BCUT2D eigenvalue weighted by Gasteiger charge is -2.38. The summed E-state index contributed by atoms with van der Waals surface area (Å²) in [5, 5.41) is 3.32. The quantitative estimate of drug-likeness (QED) is 0.729. The van der Waals surface area contributed by atoms with E-state index in [1.165, 1.54) is 6.42 Å². The molecule has 2 atom stereocenters. The van der Waals surface area contributed by atoms with E-state index in [1.54, 1.807) is 0 Å². The number of rotatable bonds is 1. The number of amides is 1. The first kappa shape index (κ1) is 11.3. The highest BCUT2D eigenvalue weighted by molar-refractivity contribution is 8.01. The molecule has 3 nitrogen and oxygen atoms in total. The number of piperazine rings is 1. The number of nitrogens with zero attached hydrogens (tertiary/aromatic N) is 1. The van der Waals surface area contributed by atoms with Crippen LogP contribution in [0.2, 0.25) is 0 Å². The number of carbonyl (C=O) groups is 1. The first-order valence-electron chi connectivity index (χ1n) is 5.79. The van der Waals surface area contributed by atoms with Crippen molar-refractivity contribution in [2.24, 2.45) is 0 Å². The van der Waals surface area contributed by atoms with E-state index in [0.29, 0.717) is 11.9 Å². The largest absolute Gasteiger partial charge is 0.336 e. The predicted molar refractivity (Wildman–Crippen MR) is 64.1 cm³/mol. The van der Waals surface area contributed by atoms with Gasteiger partial charge in [-0.25, -0.2) is 0 Å². The molecule has 86 valence electrons. The molecule has 2 saturated heterocycles. The van der Waals surface area contributed by atoms with Crippen molar-refractivity contribution in [3.63, 3.8) is 0 Å². The van der Waals surface area contributed by atoms with Crippen LogP contribution in [0.25, 0.3) is 0 Å². The van der Waals surface area contributed by atoms with E-state index in [4.69, 9.17) is 0 Å². The average molecular weight is 228 g/mol. The van der Waals surface area contributed by atoms with Gasteiger partial charge in [-0.3, -0.25) is 4.79 Å². The molecule has 0 bridgehead atoms. The van der Waals surface area contributed by atoms with E-state index in [0.717, 1.165) is 31.8 Å². The second kappa shape index (κ2) is 4.34. The summed E-state index contributed by atoms with van der Waals surface area (Å²) >= 11 is 1.84. The van der Waals surface area contributed by atoms with Crippen molar-refractivity contribution in [2.45, 2.75) is 37.5 Å². The molecule has 4 heteroatoms. The molecule has 0 aromatic carbocycles. The van der Waals surface area contributed by atoms with Crippen molar-refractivity contribution in [2.75, 3.05) is 25.4 Å². The van der Waals surface area contributed by atoms with Crippen LogP contribution in [0.1, 0.15) is 26.7 Å². The average Bonchev–Trinajstić information content (AvgIpc) is 2.66. The van der Waals surface area contributed by atoms with Gasteiger partial charge < -0.3 is 10.2 Å². The normalized spacial score (nSPS) is 36.9. The zero-order valence-corrected chi connectivity index (χ0v) is 10.4. The molecule has 0 radical (unpaired) electrons. The van der Waals surface area contributed by atoms with Crippen LogP contribution in [-0.2, 0) is 4.79 Å². The number of hydrogen-bond acceptors (Lipinski definition) is 3. The van der Waals surface area contributed by atoms with Crippen molar-refractivity contribution in [3.05, 3.63) is 0 Å². The van der Waals surface area contributed by atoms with Crippen LogP contribution < -0.4 is 5.32 Å². The Morgan fingerprint density at radius 1 is 1.60 bits per heavy atom. The summed E-state index contributed by atoms with van der Waals surface area (Å²) in [5.74, 6) is 1.50. The molecule has 1 unspecified atom stereocenters. The Kier molecular flexibility index (Phi) is 3.26. The van der Waals surface area contributed by atoms with Crippen LogP contribution in [0.5, 0.6) is 0 Å². The molecule has 0 aliphatic carbocycles. The summed E-state index contributed by atoms with van der Waals surface area (Å²) in [4.78, 5) is 14.5. The number of thioether (sulfide) groups is 1. The van der Waals surface area contributed by atoms with Gasteiger partial charge >= 0.3 is 0 Å². The number of hydrogen-bond donors (Lipinski definition) is 1. The second-order valence-electron chi connectivity index (χ2n) is 4.73. The highest BCUT2D eigenvalue weighted by Gasteiger charge is 2.41. The lowest BCUT2D eigenvalue weighted by Crippen LogP contribution is -2.56. The Morgan fingerprint density at radius 3 is 3.00 bits per heavy atom. The molecular formula is C11H20N2OS. The van der Waals surface area contributed by atoms with Crippen LogP contribution in [0, 0.1) is 0 Å². The monoisotopic (exact) mass is 228 g/mol. The Balaban J connectivity index is 2.05. The molecule has 15 heavy (non-hydrogen) atoms. The minimum atomic E-state index is -0.133. The van der Waals surface area contributed by atoms with Gasteiger partial charge in [-0.15, -0.1) is 11.8 Å². The third-order valence-electron chi connectivity index (χ3n) is 3.43. The molecular weight excluding hydrogens is 208 g/mol. The zero-order valence-electron chi connectivity index (χ0n) is 9.58. The maximum absolute atomic E-state index is 12.4. The Morgan fingerprint density at radius 2 is 2.40 bits per heavy atom. The van der Waals surface area contributed by atoms with Gasteiger partial charge in [0.2, 0.25) is 5.91 Å². The predicted octanol–water partition coefficient (Wildman–Crippen LogP) is 1.09. The van der Waals surface area contributed by atoms with Gasteiger partial charge in [0, 0.05) is 25.7 Å². The molecule has 0 aromatic rings. The Labute approximate surface area is 96.0 Å². The maximum atomic E-state index is 12.4. The standard InChI is InChI=1S/C11H20N2OS/c1-9-8-12-5-6-13(9)10(14)11(2)4-3-7-15-11/h9,12H,3-8H2,1-2H3/t9-,11?/m0/s1. The SMILES string of the molecule is C[C@H]1CNCCN1C(=O)C1(C)CCCS1. The van der Waals surface area contributed by atoms with E-state index >= 15 is 0 Å². The summed E-state index contributed by atoms with van der Waals surface area (Å²) in [6.07, 6.45) is 2.24. The van der Waals surface area contributed by atoms with Gasteiger partial charge in [-0.1, -0.05) is 0 Å². The highest BCUT2D eigenvalue weighted by Crippen LogP contribution is 2.39. The zero-order chi connectivity index (χ0) is 10.9. The molecule has 2 heterocycles. The summed E-state index contributed by atoms with van der Waals surface area (Å²) in [5.41, 5.74) is 0. The molecule has 2 aliphatic rings. The van der Waals surface area contributed by atoms with Crippen LogP contribution in [0.3, 0.4) is 0 Å². The molecule has 2 fully saturated rings. The Hall–Kier alpha value is -0.220. The van der Waals surface area contributed by atoms with Crippen molar-refractivity contribution >= 4 is 17.7 Å².